The summed E-state index contributed by atoms with van der Waals surface area (Å²) in [4.78, 5) is 39.7. The van der Waals surface area contributed by atoms with Crippen LogP contribution in [0.2, 0.25) is 0 Å². The molecule has 3 aromatic carbocycles. The fourth-order valence-corrected chi connectivity index (χ4v) is 4.26. The zero-order valence-corrected chi connectivity index (χ0v) is 21.9. The normalized spacial score (nSPS) is 15.0. The summed E-state index contributed by atoms with van der Waals surface area (Å²) in [5.41, 5.74) is 4.46. The van der Waals surface area contributed by atoms with Gasteiger partial charge in [-0.25, -0.2) is 4.79 Å². The topological polar surface area (TPSA) is 84.9 Å². The number of allylic oxidation sites excluding steroid dienone is 2. The molecule has 0 spiro atoms. The summed E-state index contributed by atoms with van der Waals surface area (Å²) < 4.78 is 10.5. The molecule has 194 valence electrons. The van der Waals surface area contributed by atoms with Crippen LogP contribution >= 0.6 is 0 Å². The van der Waals surface area contributed by atoms with Gasteiger partial charge in [0.05, 0.1) is 18.8 Å². The van der Waals surface area contributed by atoms with Gasteiger partial charge in [0, 0.05) is 11.4 Å². The summed E-state index contributed by atoms with van der Waals surface area (Å²) in [7, 11) is 1.26. The van der Waals surface area contributed by atoms with Crippen molar-refractivity contribution in [3.05, 3.63) is 113 Å². The number of benzene rings is 3. The lowest BCUT2D eigenvalue weighted by Gasteiger charge is -2.21. The Morgan fingerprint density at radius 2 is 1.61 bits per heavy atom. The Morgan fingerprint density at radius 3 is 2.24 bits per heavy atom. The summed E-state index contributed by atoms with van der Waals surface area (Å²) in [5.74, 6) is -0.779. The van der Waals surface area contributed by atoms with Gasteiger partial charge in [0.2, 0.25) is 5.78 Å². The average Bonchev–Trinajstić information content (AvgIpc) is 3.17. The van der Waals surface area contributed by atoms with E-state index in [4.69, 9.17) is 9.47 Å². The highest BCUT2D eigenvalue weighted by molar-refractivity contribution is 6.30. The Hall–Kier alpha value is -4.65. The van der Waals surface area contributed by atoms with Gasteiger partial charge in [-0.15, -0.1) is 0 Å². The van der Waals surface area contributed by atoms with E-state index in [1.165, 1.54) is 7.11 Å². The number of rotatable bonds is 8. The maximum Gasteiger partial charge on any atom is 0.343 e. The van der Waals surface area contributed by atoms with Crippen LogP contribution < -0.4 is 15.0 Å². The first kappa shape index (κ1) is 26.4. The molecular weight excluding hydrogens is 480 g/mol. The van der Waals surface area contributed by atoms with Crippen molar-refractivity contribution in [2.45, 2.75) is 26.8 Å². The number of Topliss-reactive ketones (excluding diaryl/α,β-unsaturated/α-hetero) is 1. The van der Waals surface area contributed by atoms with Crippen molar-refractivity contribution in [1.29, 1.82) is 0 Å². The number of esters is 1. The van der Waals surface area contributed by atoms with Crippen molar-refractivity contribution < 1.29 is 23.9 Å². The molecule has 1 amide bonds. The molecule has 7 nitrogen and oxygen atoms in total. The molecule has 4 rings (SSSR count). The minimum absolute atomic E-state index is 0.00928. The van der Waals surface area contributed by atoms with Gasteiger partial charge in [-0.2, -0.15) is 0 Å². The minimum atomic E-state index is -0.670. The first-order valence-electron chi connectivity index (χ1n) is 12.3. The molecule has 0 unspecified atom stereocenters. The van der Waals surface area contributed by atoms with Gasteiger partial charge in [0.15, 0.2) is 6.61 Å². The summed E-state index contributed by atoms with van der Waals surface area (Å²) >= 11 is 0. The van der Waals surface area contributed by atoms with Crippen LogP contribution in [-0.4, -0.2) is 31.4 Å². The molecule has 1 N–H and O–H groups in total. The standard InChI is InChI=1S/C31H30N2O5/c1-20-10-14-25(15-11-20)33-22(3)29(31(36)37-4)30(35)27(33)18-23-12-16-26(17-13-23)38-19-28(34)32-21(2)24-8-6-5-7-9-24/h5-18,21H,19H2,1-4H3,(H,32,34)/b27-18-/t21-/m0/s1. The van der Waals surface area contributed by atoms with E-state index in [0.29, 0.717) is 17.1 Å². The third-order valence-corrected chi connectivity index (χ3v) is 6.31. The minimum Gasteiger partial charge on any atom is -0.484 e. The highest BCUT2D eigenvalue weighted by Crippen LogP contribution is 2.35. The number of aryl methyl sites for hydroxylation is 1. The van der Waals surface area contributed by atoms with E-state index in [9.17, 15) is 14.4 Å². The fraction of sp³-hybridized carbons (Fsp3) is 0.194. The van der Waals surface area contributed by atoms with Crippen molar-refractivity contribution in [2.75, 3.05) is 18.6 Å². The second-order valence-corrected chi connectivity index (χ2v) is 9.04. The van der Waals surface area contributed by atoms with Crippen LogP contribution in [0, 0.1) is 6.92 Å². The SMILES string of the molecule is COC(=O)C1=C(C)N(c2ccc(C)cc2)/C(=C\c2ccc(OCC(=O)N[C@@H](C)c3ccccc3)cc2)C1=O. The first-order valence-corrected chi connectivity index (χ1v) is 12.3. The number of anilines is 1. The van der Waals surface area contributed by atoms with E-state index in [-0.39, 0.29) is 24.1 Å². The molecule has 0 fully saturated rings. The molecule has 1 heterocycles. The number of carbonyl (C=O) groups excluding carboxylic acids is 3. The molecule has 7 heteroatoms. The number of ether oxygens (including phenoxy) is 2. The Balaban J connectivity index is 1.48. The number of ketones is 1. The van der Waals surface area contributed by atoms with E-state index in [1.807, 2.05) is 68.4 Å². The zero-order chi connectivity index (χ0) is 27.2. The molecule has 1 aliphatic rings. The summed E-state index contributed by atoms with van der Waals surface area (Å²) in [6, 6.07) is 24.3. The Kier molecular flexibility index (Phi) is 8.06. The lowest BCUT2D eigenvalue weighted by molar-refractivity contribution is -0.137. The lowest BCUT2D eigenvalue weighted by atomic mass is 10.1. The molecule has 1 atom stereocenters. The van der Waals surface area contributed by atoms with Crippen molar-refractivity contribution in [3.63, 3.8) is 0 Å². The van der Waals surface area contributed by atoms with E-state index in [0.717, 1.165) is 22.4 Å². The largest absolute Gasteiger partial charge is 0.484 e. The molecule has 0 aromatic heterocycles. The second-order valence-electron chi connectivity index (χ2n) is 9.04. The Bertz CT molecular complexity index is 1390. The van der Waals surface area contributed by atoms with Crippen LogP contribution in [0.3, 0.4) is 0 Å². The monoisotopic (exact) mass is 510 g/mol. The van der Waals surface area contributed by atoms with Crippen molar-refractivity contribution in [1.82, 2.24) is 5.32 Å². The van der Waals surface area contributed by atoms with Crippen LogP contribution in [0.25, 0.3) is 6.08 Å². The summed E-state index contributed by atoms with van der Waals surface area (Å²) in [5, 5.41) is 2.92. The van der Waals surface area contributed by atoms with Crippen molar-refractivity contribution in [2.24, 2.45) is 0 Å². The lowest BCUT2D eigenvalue weighted by Crippen LogP contribution is -2.31. The molecule has 0 radical (unpaired) electrons. The predicted molar refractivity (Wildman–Crippen MR) is 146 cm³/mol. The molecule has 38 heavy (non-hydrogen) atoms. The van der Waals surface area contributed by atoms with Crippen molar-refractivity contribution in [3.8, 4) is 5.75 Å². The Morgan fingerprint density at radius 1 is 0.947 bits per heavy atom. The fourth-order valence-electron chi connectivity index (χ4n) is 4.26. The van der Waals surface area contributed by atoms with Gasteiger partial charge >= 0.3 is 5.97 Å². The third kappa shape index (κ3) is 5.83. The molecular formula is C31H30N2O5. The van der Waals surface area contributed by atoms with Crippen LogP contribution in [0.15, 0.2) is 95.8 Å². The second kappa shape index (κ2) is 11.6. The number of nitrogens with one attached hydrogen (secondary N) is 1. The maximum absolute atomic E-state index is 13.3. The van der Waals surface area contributed by atoms with Gasteiger partial charge in [-0.05, 0) is 62.2 Å². The van der Waals surface area contributed by atoms with Gasteiger partial charge in [-0.1, -0.05) is 60.2 Å². The van der Waals surface area contributed by atoms with Crippen LogP contribution in [0.1, 0.15) is 36.6 Å². The van der Waals surface area contributed by atoms with E-state index in [1.54, 1.807) is 42.2 Å². The molecule has 0 saturated heterocycles. The number of nitrogens with zero attached hydrogens (tertiary/aromatic N) is 1. The van der Waals surface area contributed by atoms with Gasteiger partial charge in [-0.3, -0.25) is 9.59 Å². The van der Waals surface area contributed by atoms with Crippen molar-refractivity contribution >= 4 is 29.4 Å². The number of amides is 1. The van der Waals surface area contributed by atoms with Crippen LogP contribution in [0.4, 0.5) is 5.69 Å². The van der Waals surface area contributed by atoms with E-state index < -0.39 is 11.8 Å². The third-order valence-electron chi connectivity index (χ3n) is 6.31. The first-order chi connectivity index (χ1) is 18.3. The highest BCUT2D eigenvalue weighted by Gasteiger charge is 2.38. The zero-order valence-electron chi connectivity index (χ0n) is 21.9. The van der Waals surface area contributed by atoms with Gasteiger partial charge in [0.25, 0.3) is 5.91 Å². The molecule has 0 aliphatic carbocycles. The van der Waals surface area contributed by atoms with Gasteiger partial charge in [0.1, 0.15) is 11.3 Å². The van der Waals surface area contributed by atoms with E-state index >= 15 is 0 Å². The quantitative estimate of drug-likeness (QED) is 0.257. The highest BCUT2D eigenvalue weighted by atomic mass is 16.5. The van der Waals surface area contributed by atoms with Gasteiger partial charge < -0.3 is 19.7 Å². The predicted octanol–water partition coefficient (Wildman–Crippen LogP) is 5.13. The molecule has 3 aromatic rings. The average molecular weight is 511 g/mol. The maximum atomic E-state index is 13.3. The molecule has 0 saturated carbocycles. The Labute approximate surface area is 222 Å². The number of methoxy groups -OCH3 is 1. The number of hydrogen-bond donors (Lipinski definition) is 1. The summed E-state index contributed by atoms with van der Waals surface area (Å²) in [6.07, 6.45) is 1.72. The molecule has 1 aliphatic heterocycles. The van der Waals surface area contributed by atoms with Crippen LogP contribution in [-0.2, 0) is 19.1 Å². The molecule has 0 bridgehead atoms. The smallest absolute Gasteiger partial charge is 0.343 e. The number of hydrogen-bond acceptors (Lipinski definition) is 6. The van der Waals surface area contributed by atoms with Crippen LogP contribution in [0.5, 0.6) is 5.75 Å². The summed E-state index contributed by atoms with van der Waals surface area (Å²) in [6.45, 7) is 5.51. The number of carbonyl (C=O) groups is 3. The van der Waals surface area contributed by atoms with E-state index in [2.05, 4.69) is 5.32 Å².